The highest BCUT2D eigenvalue weighted by molar-refractivity contribution is 5.91. The maximum absolute atomic E-state index is 12.8. The van der Waals surface area contributed by atoms with Crippen molar-refractivity contribution < 1.29 is 18.7 Å². The predicted octanol–water partition coefficient (Wildman–Crippen LogP) is 3.26. The summed E-state index contributed by atoms with van der Waals surface area (Å²) in [6.45, 7) is 0. The van der Waals surface area contributed by atoms with Crippen LogP contribution in [-0.2, 0) is 6.42 Å². The lowest BCUT2D eigenvalue weighted by Gasteiger charge is -1.96. The summed E-state index contributed by atoms with van der Waals surface area (Å²) in [5.74, 6) is -0.838. The highest BCUT2D eigenvalue weighted by atomic mass is 19.1. The van der Waals surface area contributed by atoms with Gasteiger partial charge in [0, 0.05) is 6.42 Å². The van der Waals surface area contributed by atoms with E-state index in [9.17, 15) is 9.18 Å². The Kier molecular flexibility index (Phi) is 2.95. The Balaban J connectivity index is 1.92. The van der Waals surface area contributed by atoms with Crippen LogP contribution in [0.15, 0.2) is 46.9 Å². The molecule has 100 valence electrons. The fourth-order valence-electron chi connectivity index (χ4n) is 1.96. The third-order valence-corrected chi connectivity index (χ3v) is 2.95. The number of carboxylic acids is 1. The van der Waals surface area contributed by atoms with Gasteiger partial charge in [-0.25, -0.2) is 14.2 Å². The summed E-state index contributed by atoms with van der Waals surface area (Å²) in [5.41, 5.74) is 2.06. The van der Waals surface area contributed by atoms with Crippen molar-refractivity contribution in [1.29, 1.82) is 0 Å². The normalized spacial score (nSPS) is 10.8. The van der Waals surface area contributed by atoms with Gasteiger partial charge in [0.15, 0.2) is 11.5 Å². The third-order valence-electron chi connectivity index (χ3n) is 2.95. The van der Waals surface area contributed by atoms with Crippen LogP contribution in [0.25, 0.3) is 11.1 Å². The van der Waals surface area contributed by atoms with Gasteiger partial charge in [-0.15, -0.1) is 0 Å². The van der Waals surface area contributed by atoms with Crippen LogP contribution < -0.4 is 0 Å². The van der Waals surface area contributed by atoms with Gasteiger partial charge in [0.2, 0.25) is 0 Å². The van der Waals surface area contributed by atoms with Crippen molar-refractivity contribution in [2.24, 2.45) is 0 Å². The average molecular weight is 271 g/mol. The molecule has 2 aromatic carbocycles. The smallest absolute Gasteiger partial charge is 0.335 e. The molecule has 1 heterocycles. The van der Waals surface area contributed by atoms with Gasteiger partial charge in [0.05, 0.1) is 5.56 Å². The van der Waals surface area contributed by atoms with E-state index in [0.717, 1.165) is 5.56 Å². The summed E-state index contributed by atoms with van der Waals surface area (Å²) in [6.07, 6.45) is 0.428. The Labute approximate surface area is 113 Å². The third kappa shape index (κ3) is 2.38. The van der Waals surface area contributed by atoms with Crippen LogP contribution in [0, 0.1) is 5.82 Å². The summed E-state index contributed by atoms with van der Waals surface area (Å²) >= 11 is 0. The van der Waals surface area contributed by atoms with Gasteiger partial charge in [-0.2, -0.15) is 0 Å². The largest absolute Gasteiger partial charge is 0.478 e. The van der Waals surface area contributed by atoms with Gasteiger partial charge in [0.1, 0.15) is 11.3 Å². The molecule has 0 saturated heterocycles. The number of aromatic carboxylic acids is 1. The number of hydrogen-bond donors (Lipinski definition) is 1. The number of carbonyl (C=O) groups is 1. The number of hydrogen-bond acceptors (Lipinski definition) is 3. The Morgan fingerprint density at radius 1 is 1.20 bits per heavy atom. The Morgan fingerprint density at radius 3 is 2.65 bits per heavy atom. The second-order valence-corrected chi connectivity index (χ2v) is 4.40. The molecule has 0 aliphatic heterocycles. The highest BCUT2D eigenvalue weighted by Crippen LogP contribution is 2.19. The number of benzene rings is 2. The van der Waals surface area contributed by atoms with E-state index in [4.69, 9.17) is 9.52 Å². The van der Waals surface area contributed by atoms with E-state index in [1.807, 2.05) is 0 Å². The molecule has 0 aliphatic carbocycles. The highest BCUT2D eigenvalue weighted by Gasteiger charge is 2.10. The first-order chi connectivity index (χ1) is 9.61. The molecule has 3 aromatic rings. The molecule has 0 atom stereocenters. The first kappa shape index (κ1) is 12.3. The van der Waals surface area contributed by atoms with Crippen LogP contribution in [0.1, 0.15) is 21.8 Å². The number of nitrogens with zero attached hydrogens (tertiary/aromatic N) is 1. The van der Waals surface area contributed by atoms with Crippen LogP contribution in [0.5, 0.6) is 0 Å². The first-order valence-corrected chi connectivity index (χ1v) is 5.99. The maximum Gasteiger partial charge on any atom is 0.335 e. The van der Waals surface area contributed by atoms with E-state index in [2.05, 4.69) is 4.98 Å². The van der Waals surface area contributed by atoms with E-state index < -0.39 is 5.97 Å². The summed E-state index contributed by atoms with van der Waals surface area (Å²) in [6, 6.07) is 10.6. The molecule has 0 amide bonds. The number of aromatic nitrogens is 1. The molecule has 5 heteroatoms. The van der Waals surface area contributed by atoms with Gasteiger partial charge < -0.3 is 9.52 Å². The predicted molar refractivity (Wildman–Crippen MR) is 70.2 cm³/mol. The summed E-state index contributed by atoms with van der Waals surface area (Å²) < 4.78 is 18.3. The number of carboxylic acid groups (broad SMARTS) is 1. The molecule has 1 N–H and O–H groups in total. The first-order valence-electron chi connectivity index (χ1n) is 5.99. The zero-order chi connectivity index (χ0) is 14.1. The van der Waals surface area contributed by atoms with Gasteiger partial charge in [0.25, 0.3) is 0 Å². The van der Waals surface area contributed by atoms with Crippen molar-refractivity contribution >= 4 is 17.1 Å². The monoisotopic (exact) mass is 271 g/mol. The molecule has 3 rings (SSSR count). The molecule has 0 radical (unpaired) electrons. The molecular weight excluding hydrogens is 261 g/mol. The quantitative estimate of drug-likeness (QED) is 0.794. The second-order valence-electron chi connectivity index (χ2n) is 4.40. The van der Waals surface area contributed by atoms with Crippen molar-refractivity contribution in [2.45, 2.75) is 6.42 Å². The molecule has 4 nitrogen and oxygen atoms in total. The van der Waals surface area contributed by atoms with Gasteiger partial charge in [-0.1, -0.05) is 12.1 Å². The van der Waals surface area contributed by atoms with E-state index in [0.29, 0.717) is 23.4 Å². The van der Waals surface area contributed by atoms with Crippen molar-refractivity contribution in [1.82, 2.24) is 4.98 Å². The average Bonchev–Trinajstić information content (AvgIpc) is 2.82. The minimum atomic E-state index is -1.01. The Bertz CT molecular complexity index is 777. The molecule has 0 spiro atoms. The van der Waals surface area contributed by atoms with Crippen LogP contribution >= 0.6 is 0 Å². The summed E-state index contributed by atoms with van der Waals surface area (Å²) in [7, 11) is 0. The number of halogens is 1. The fraction of sp³-hybridized carbons (Fsp3) is 0.0667. The lowest BCUT2D eigenvalue weighted by Crippen LogP contribution is -1.94. The fourth-order valence-corrected chi connectivity index (χ4v) is 1.96. The van der Waals surface area contributed by atoms with Gasteiger partial charge in [-0.3, -0.25) is 0 Å². The molecule has 20 heavy (non-hydrogen) atoms. The Morgan fingerprint density at radius 2 is 1.95 bits per heavy atom. The van der Waals surface area contributed by atoms with Crippen molar-refractivity contribution in [2.75, 3.05) is 0 Å². The minimum absolute atomic E-state index is 0.155. The summed E-state index contributed by atoms with van der Waals surface area (Å²) in [5, 5.41) is 8.91. The van der Waals surface area contributed by atoms with E-state index >= 15 is 0 Å². The van der Waals surface area contributed by atoms with E-state index in [1.54, 1.807) is 18.2 Å². The molecular formula is C15H10FNO3. The number of oxazole rings is 1. The zero-order valence-corrected chi connectivity index (χ0v) is 10.3. The maximum atomic E-state index is 12.8. The van der Waals surface area contributed by atoms with Crippen LogP contribution in [-0.4, -0.2) is 16.1 Å². The van der Waals surface area contributed by atoms with Gasteiger partial charge in [-0.05, 0) is 35.9 Å². The minimum Gasteiger partial charge on any atom is -0.478 e. The number of fused-ring (bicyclic) bond motifs is 1. The second kappa shape index (κ2) is 4.77. The molecule has 1 aromatic heterocycles. The molecule has 0 aliphatic rings. The van der Waals surface area contributed by atoms with Crippen molar-refractivity contribution in [3.05, 3.63) is 65.3 Å². The van der Waals surface area contributed by atoms with E-state index in [1.165, 1.54) is 24.3 Å². The molecule has 0 unspecified atom stereocenters. The Hall–Kier alpha value is -2.69. The number of rotatable bonds is 3. The zero-order valence-electron chi connectivity index (χ0n) is 10.3. The summed E-state index contributed by atoms with van der Waals surface area (Å²) in [4.78, 5) is 15.2. The van der Waals surface area contributed by atoms with Crippen molar-refractivity contribution in [3.63, 3.8) is 0 Å². The van der Waals surface area contributed by atoms with Crippen molar-refractivity contribution in [3.8, 4) is 0 Å². The molecule has 0 saturated carbocycles. The van der Waals surface area contributed by atoms with E-state index in [-0.39, 0.29) is 11.4 Å². The topological polar surface area (TPSA) is 63.3 Å². The molecule has 0 fully saturated rings. The van der Waals surface area contributed by atoms with Crippen LogP contribution in [0.4, 0.5) is 4.39 Å². The molecule has 0 bridgehead atoms. The van der Waals surface area contributed by atoms with Crippen LogP contribution in [0.2, 0.25) is 0 Å². The lowest BCUT2D eigenvalue weighted by molar-refractivity contribution is 0.0697. The lowest BCUT2D eigenvalue weighted by atomic mass is 10.1. The van der Waals surface area contributed by atoms with Gasteiger partial charge >= 0.3 is 5.97 Å². The van der Waals surface area contributed by atoms with Crippen LogP contribution in [0.3, 0.4) is 0 Å². The SMILES string of the molecule is O=C(O)c1ccc2nc(Cc3ccc(F)cc3)oc2c1. The standard InChI is InChI=1S/C15H10FNO3/c16-11-4-1-9(2-5-11)7-14-17-12-6-3-10(15(18)19)8-13(12)20-14/h1-6,8H,7H2,(H,18,19).